The van der Waals surface area contributed by atoms with Crippen LogP contribution in [0.3, 0.4) is 0 Å². The zero-order chi connectivity index (χ0) is 19.3. The van der Waals surface area contributed by atoms with Gasteiger partial charge in [-0.25, -0.2) is 13.9 Å². The number of hydrogen-bond donors (Lipinski definition) is 0. The summed E-state index contributed by atoms with van der Waals surface area (Å²) in [6.07, 6.45) is 0.207. The largest absolute Gasteiger partial charge is 0.452 e. The fourth-order valence-electron chi connectivity index (χ4n) is 2.42. The molecule has 1 amide bonds. The molecule has 2 aromatic rings. The second kappa shape index (κ2) is 8.25. The first-order chi connectivity index (χ1) is 12.3. The number of hydrogen-bond acceptors (Lipinski definition) is 5. The van der Waals surface area contributed by atoms with Crippen molar-refractivity contribution in [2.24, 2.45) is 0 Å². The fraction of sp³-hybridized carbons (Fsp3) is 0.333. The Balaban J connectivity index is 2.11. The molecule has 136 valence electrons. The lowest BCUT2D eigenvalue weighted by molar-refractivity contribution is -0.133. The number of carbonyl (C=O) groups is 2. The van der Waals surface area contributed by atoms with Crippen LogP contribution in [0.5, 0.6) is 0 Å². The van der Waals surface area contributed by atoms with Crippen LogP contribution in [-0.2, 0) is 9.53 Å². The lowest BCUT2D eigenvalue weighted by atomic mass is 10.2. The number of aryl methyl sites for hydroxylation is 1. The third kappa shape index (κ3) is 4.25. The van der Waals surface area contributed by atoms with Gasteiger partial charge in [0, 0.05) is 13.6 Å². The normalized spacial score (nSPS) is 10.3. The molecule has 8 heteroatoms. The van der Waals surface area contributed by atoms with Crippen LogP contribution in [0.2, 0.25) is 0 Å². The summed E-state index contributed by atoms with van der Waals surface area (Å²) in [5.41, 5.74) is 1.85. The van der Waals surface area contributed by atoms with Crippen LogP contribution < -0.4 is 0 Å². The summed E-state index contributed by atoms with van der Waals surface area (Å²) < 4.78 is 19.7. The van der Waals surface area contributed by atoms with Crippen LogP contribution >= 0.6 is 0 Å². The molecule has 0 saturated heterocycles. The SMILES string of the molecule is Cc1nn(-c2ccc(F)cc2)c(C)c1C(=O)OCC(=O)N(C)CCC#N. The summed E-state index contributed by atoms with van der Waals surface area (Å²) in [5, 5.41) is 12.8. The number of rotatable bonds is 6. The molecule has 0 saturated carbocycles. The van der Waals surface area contributed by atoms with Crippen molar-refractivity contribution < 1.29 is 18.7 Å². The standard InChI is InChI=1S/C18H19FN4O3/c1-12-17(18(25)26-11-16(24)22(3)10-4-9-20)13(2)23(21-12)15-7-5-14(19)6-8-15/h5-8H,4,10-11H2,1-3H3. The molecule has 1 aromatic carbocycles. The average molecular weight is 358 g/mol. The number of benzene rings is 1. The van der Waals surface area contributed by atoms with Crippen molar-refractivity contribution in [3.05, 3.63) is 47.0 Å². The molecule has 26 heavy (non-hydrogen) atoms. The van der Waals surface area contributed by atoms with Crippen LogP contribution in [0.25, 0.3) is 5.69 Å². The molecular formula is C18H19FN4O3. The van der Waals surface area contributed by atoms with Crippen LogP contribution in [0.15, 0.2) is 24.3 Å². The summed E-state index contributed by atoms with van der Waals surface area (Å²) in [6.45, 7) is 3.21. The van der Waals surface area contributed by atoms with Gasteiger partial charge in [-0.3, -0.25) is 4.79 Å². The van der Waals surface area contributed by atoms with E-state index in [1.54, 1.807) is 26.0 Å². The van der Waals surface area contributed by atoms with Gasteiger partial charge in [-0.15, -0.1) is 0 Å². The number of ether oxygens (including phenoxy) is 1. The third-order valence-electron chi connectivity index (χ3n) is 3.88. The number of esters is 1. The van der Waals surface area contributed by atoms with Crippen LogP contribution in [0, 0.1) is 31.0 Å². The third-order valence-corrected chi connectivity index (χ3v) is 3.88. The molecule has 0 N–H and O–H groups in total. The molecule has 0 radical (unpaired) electrons. The zero-order valence-electron chi connectivity index (χ0n) is 14.8. The van der Waals surface area contributed by atoms with E-state index in [4.69, 9.17) is 10.00 Å². The van der Waals surface area contributed by atoms with Gasteiger partial charge in [-0.2, -0.15) is 10.4 Å². The summed E-state index contributed by atoms with van der Waals surface area (Å²) in [6, 6.07) is 7.66. The number of likely N-dealkylation sites (N-methyl/N-ethyl adjacent to an activating group) is 1. The van der Waals surface area contributed by atoms with E-state index in [9.17, 15) is 14.0 Å². The highest BCUT2D eigenvalue weighted by atomic mass is 19.1. The van der Waals surface area contributed by atoms with E-state index in [2.05, 4.69) is 5.10 Å². The Morgan fingerprint density at radius 1 is 1.31 bits per heavy atom. The number of carbonyl (C=O) groups excluding carboxylic acids is 2. The Hall–Kier alpha value is -3.21. The molecule has 1 aromatic heterocycles. The molecule has 0 fully saturated rings. The Morgan fingerprint density at radius 3 is 2.58 bits per heavy atom. The highest BCUT2D eigenvalue weighted by Gasteiger charge is 2.22. The summed E-state index contributed by atoms with van der Waals surface area (Å²) in [5.74, 6) is -1.42. The summed E-state index contributed by atoms with van der Waals surface area (Å²) in [7, 11) is 1.54. The fourth-order valence-corrected chi connectivity index (χ4v) is 2.42. The van der Waals surface area contributed by atoms with Gasteiger partial charge in [0.05, 0.1) is 29.6 Å². The quantitative estimate of drug-likeness (QED) is 0.739. The van der Waals surface area contributed by atoms with Crippen LogP contribution in [-0.4, -0.2) is 46.8 Å². The van der Waals surface area contributed by atoms with Crippen molar-refractivity contribution in [3.8, 4) is 11.8 Å². The Labute approximate surface area is 150 Å². The van der Waals surface area contributed by atoms with E-state index in [1.807, 2.05) is 6.07 Å². The second-order valence-electron chi connectivity index (χ2n) is 5.73. The highest BCUT2D eigenvalue weighted by Crippen LogP contribution is 2.19. The highest BCUT2D eigenvalue weighted by molar-refractivity contribution is 5.93. The van der Waals surface area contributed by atoms with Gasteiger partial charge < -0.3 is 9.64 Å². The lowest BCUT2D eigenvalue weighted by Gasteiger charge is -2.15. The van der Waals surface area contributed by atoms with Crippen molar-refractivity contribution in [1.82, 2.24) is 14.7 Å². The molecule has 0 bridgehead atoms. The predicted molar refractivity (Wildman–Crippen MR) is 91.1 cm³/mol. The van der Waals surface area contributed by atoms with E-state index in [-0.39, 0.29) is 24.3 Å². The van der Waals surface area contributed by atoms with Crippen LogP contribution in [0.1, 0.15) is 28.2 Å². The number of aromatic nitrogens is 2. The molecule has 1 heterocycles. The predicted octanol–water partition coefficient (Wildman–Crippen LogP) is 2.16. The van der Waals surface area contributed by atoms with Gasteiger partial charge in [0.25, 0.3) is 5.91 Å². The maximum Gasteiger partial charge on any atom is 0.342 e. The molecule has 7 nitrogen and oxygen atoms in total. The van der Waals surface area contributed by atoms with E-state index in [0.717, 1.165) is 0 Å². The first-order valence-electron chi connectivity index (χ1n) is 7.95. The van der Waals surface area contributed by atoms with E-state index in [1.165, 1.54) is 28.8 Å². The van der Waals surface area contributed by atoms with Gasteiger partial charge in [-0.05, 0) is 38.1 Å². The Bertz CT molecular complexity index is 853. The number of nitrogens with zero attached hydrogens (tertiary/aromatic N) is 4. The van der Waals surface area contributed by atoms with Gasteiger partial charge in [-0.1, -0.05) is 0 Å². The minimum absolute atomic E-state index is 0.207. The minimum Gasteiger partial charge on any atom is -0.452 e. The maximum atomic E-state index is 13.1. The van der Waals surface area contributed by atoms with E-state index < -0.39 is 18.5 Å². The van der Waals surface area contributed by atoms with Gasteiger partial charge in [0.15, 0.2) is 6.61 Å². The van der Waals surface area contributed by atoms with E-state index >= 15 is 0 Å². The monoisotopic (exact) mass is 358 g/mol. The van der Waals surface area contributed by atoms with Crippen molar-refractivity contribution in [1.29, 1.82) is 5.26 Å². The molecule has 2 rings (SSSR count). The summed E-state index contributed by atoms with van der Waals surface area (Å²) in [4.78, 5) is 25.6. The first-order valence-corrected chi connectivity index (χ1v) is 7.95. The average Bonchev–Trinajstić information content (AvgIpc) is 2.92. The lowest BCUT2D eigenvalue weighted by Crippen LogP contribution is -2.32. The number of halogens is 1. The number of amides is 1. The molecule has 0 spiro atoms. The van der Waals surface area contributed by atoms with Crippen molar-refractivity contribution in [2.75, 3.05) is 20.2 Å². The van der Waals surface area contributed by atoms with Crippen molar-refractivity contribution >= 4 is 11.9 Å². The minimum atomic E-state index is -0.657. The smallest absolute Gasteiger partial charge is 0.342 e. The van der Waals surface area contributed by atoms with Crippen LogP contribution in [0.4, 0.5) is 4.39 Å². The molecular weight excluding hydrogens is 339 g/mol. The molecule has 0 aliphatic heterocycles. The molecule has 0 aliphatic rings. The number of nitriles is 1. The topological polar surface area (TPSA) is 88.2 Å². The first kappa shape index (κ1) is 19.1. The zero-order valence-corrected chi connectivity index (χ0v) is 14.8. The van der Waals surface area contributed by atoms with E-state index in [0.29, 0.717) is 17.1 Å². The molecule has 0 unspecified atom stereocenters. The Kier molecular flexibility index (Phi) is 6.07. The maximum absolute atomic E-state index is 13.1. The molecule has 0 aliphatic carbocycles. The Morgan fingerprint density at radius 2 is 1.96 bits per heavy atom. The van der Waals surface area contributed by atoms with Gasteiger partial charge in [0.2, 0.25) is 0 Å². The van der Waals surface area contributed by atoms with Gasteiger partial charge >= 0.3 is 5.97 Å². The van der Waals surface area contributed by atoms with Crippen molar-refractivity contribution in [3.63, 3.8) is 0 Å². The summed E-state index contributed by atoms with van der Waals surface area (Å²) >= 11 is 0. The van der Waals surface area contributed by atoms with Crippen molar-refractivity contribution in [2.45, 2.75) is 20.3 Å². The molecule has 0 atom stereocenters. The second-order valence-corrected chi connectivity index (χ2v) is 5.73. The van der Waals surface area contributed by atoms with Gasteiger partial charge in [0.1, 0.15) is 11.4 Å².